The number of hydrogen-bond acceptors (Lipinski definition) is 4. The monoisotopic (exact) mass is 241 g/mol. The highest BCUT2D eigenvalue weighted by molar-refractivity contribution is 7.11. The summed E-state index contributed by atoms with van der Waals surface area (Å²) < 4.78 is 0. The zero-order valence-corrected chi connectivity index (χ0v) is 11.4. The Morgan fingerprint density at radius 3 is 2.38 bits per heavy atom. The van der Waals surface area contributed by atoms with Gasteiger partial charge in [0.1, 0.15) is 10.0 Å². The summed E-state index contributed by atoms with van der Waals surface area (Å²) in [5.41, 5.74) is 0. The van der Waals surface area contributed by atoms with E-state index in [-0.39, 0.29) is 0 Å². The highest BCUT2D eigenvalue weighted by Crippen LogP contribution is 2.28. The van der Waals surface area contributed by atoms with Crippen molar-refractivity contribution < 1.29 is 0 Å². The van der Waals surface area contributed by atoms with Gasteiger partial charge in [0.2, 0.25) is 0 Å². The van der Waals surface area contributed by atoms with Crippen LogP contribution in [-0.4, -0.2) is 16.7 Å². The Hall–Kier alpha value is -0.480. The molecule has 0 aromatic carbocycles. The average molecular weight is 241 g/mol. The summed E-state index contributed by atoms with van der Waals surface area (Å²) in [4.78, 5) is 0. The van der Waals surface area contributed by atoms with E-state index in [1.54, 1.807) is 11.3 Å². The van der Waals surface area contributed by atoms with Crippen LogP contribution in [0.4, 0.5) is 0 Å². The Bertz CT molecular complexity index is 280. The van der Waals surface area contributed by atoms with Gasteiger partial charge in [-0.05, 0) is 19.4 Å². The maximum absolute atomic E-state index is 4.34. The second-order valence-corrected chi connectivity index (χ2v) is 5.18. The minimum Gasteiger partial charge on any atom is -0.311 e. The maximum atomic E-state index is 4.34. The molecule has 1 aromatic rings. The quantitative estimate of drug-likeness (QED) is 0.758. The molecule has 92 valence electrons. The third kappa shape index (κ3) is 4.18. The number of nitrogens with zero attached hydrogens (tertiary/aromatic N) is 2. The Morgan fingerprint density at radius 1 is 1.12 bits per heavy atom. The predicted molar refractivity (Wildman–Crippen MR) is 69.8 cm³/mol. The van der Waals surface area contributed by atoms with Gasteiger partial charge in [0, 0.05) is 12.5 Å². The molecule has 0 bridgehead atoms. The lowest BCUT2D eigenvalue weighted by molar-refractivity contribution is 0.554. The molecule has 3 nitrogen and oxygen atoms in total. The van der Waals surface area contributed by atoms with Gasteiger partial charge in [0.05, 0.1) is 0 Å². The van der Waals surface area contributed by atoms with Gasteiger partial charge >= 0.3 is 0 Å². The fourth-order valence-corrected chi connectivity index (χ4v) is 2.80. The van der Waals surface area contributed by atoms with Gasteiger partial charge in [0.15, 0.2) is 0 Å². The molecule has 0 radical (unpaired) electrons. The summed E-state index contributed by atoms with van der Waals surface area (Å²) in [7, 11) is 0. The molecule has 0 aliphatic heterocycles. The van der Waals surface area contributed by atoms with E-state index in [1.807, 2.05) is 0 Å². The van der Waals surface area contributed by atoms with Crippen LogP contribution in [0.15, 0.2) is 0 Å². The van der Waals surface area contributed by atoms with Gasteiger partial charge < -0.3 is 5.32 Å². The zero-order chi connectivity index (χ0) is 11.8. The first-order valence-electron chi connectivity index (χ1n) is 6.34. The normalized spacial score (nSPS) is 11.2. The summed E-state index contributed by atoms with van der Waals surface area (Å²) in [5, 5.41) is 14.2. The topological polar surface area (TPSA) is 37.8 Å². The summed E-state index contributed by atoms with van der Waals surface area (Å²) in [6.07, 6.45) is 4.94. The van der Waals surface area contributed by atoms with E-state index < -0.39 is 0 Å². The molecule has 0 unspecified atom stereocenters. The third-order valence-corrected chi connectivity index (χ3v) is 3.72. The second-order valence-electron chi connectivity index (χ2n) is 4.09. The summed E-state index contributed by atoms with van der Waals surface area (Å²) in [6.45, 7) is 8.44. The number of hydrogen-bond donors (Lipinski definition) is 1. The van der Waals surface area contributed by atoms with Crippen LogP contribution in [0, 0.1) is 0 Å². The van der Waals surface area contributed by atoms with Crippen LogP contribution in [0.2, 0.25) is 0 Å². The van der Waals surface area contributed by atoms with E-state index in [2.05, 4.69) is 36.3 Å². The molecule has 0 amide bonds. The molecule has 16 heavy (non-hydrogen) atoms. The first-order chi connectivity index (χ1) is 7.81. The van der Waals surface area contributed by atoms with E-state index >= 15 is 0 Å². The zero-order valence-electron chi connectivity index (χ0n) is 10.6. The maximum Gasteiger partial charge on any atom is 0.131 e. The van der Waals surface area contributed by atoms with Crippen LogP contribution >= 0.6 is 11.3 Å². The van der Waals surface area contributed by atoms with Crippen molar-refractivity contribution in [3.8, 4) is 0 Å². The van der Waals surface area contributed by atoms with Crippen LogP contribution in [0.25, 0.3) is 0 Å². The van der Waals surface area contributed by atoms with Crippen molar-refractivity contribution in [2.24, 2.45) is 0 Å². The van der Waals surface area contributed by atoms with Gasteiger partial charge in [-0.1, -0.05) is 44.9 Å². The highest BCUT2D eigenvalue weighted by atomic mass is 32.1. The van der Waals surface area contributed by atoms with Crippen LogP contribution in [0.3, 0.4) is 0 Å². The van der Waals surface area contributed by atoms with Gasteiger partial charge in [0.25, 0.3) is 0 Å². The lowest BCUT2D eigenvalue weighted by atomic mass is 9.99. The molecule has 4 heteroatoms. The fraction of sp³-hybridized carbons (Fsp3) is 0.833. The summed E-state index contributed by atoms with van der Waals surface area (Å²) in [6, 6.07) is 0. The first-order valence-corrected chi connectivity index (χ1v) is 7.16. The van der Waals surface area contributed by atoms with E-state index in [0.29, 0.717) is 5.92 Å². The Morgan fingerprint density at radius 2 is 1.81 bits per heavy atom. The molecule has 0 aliphatic carbocycles. The molecule has 1 N–H and O–H groups in total. The molecule has 0 saturated carbocycles. The van der Waals surface area contributed by atoms with Crippen molar-refractivity contribution >= 4 is 11.3 Å². The molecule has 1 heterocycles. The second kappa shape index (κ2) is 7.74. The smallest absolute Gasteiger partial charge is 0.131 e. The summed E-state index contributed by atoms with van der Waals surface area (Å²) in [5.74, 6) is 0.628. The fourth-order valence-electron chi connectivity index (χ4n) is 1.82. The molecule has 0 aliphatic rings. The van der Waals surface area contributed by atoms with Gasteiger partial charge in [-0.2, -0.15) is 0 Å². The van der Waals surface area contributed by atoms with E-state index in [1.165, 1.54) is 30.7 Å². The number of rotatable bonds is 8. The van der Waals surface area contributed by atoms with Crippen LogP contribution < -0.4 is 5.32 Å². The molecule has 0 spiro atoms. The Kier molecular flexibility index (Phi) is 6.57. The average Bonchev–Trinajstić information content (AvgIpc) is 2.74. The highest BCUT2D eigenvalue weighted by Gasteiger charge is 2.14. The minimum absolute atomic E-state index is 0.628. The largest absolute Gasteiger partial charge is 0.311 e. The molecule has 0 atom stereocenters. The van der Waals surface area contributed by atoms with Crippen LogP contribution in [-0.2, 0) is 6.54 Å². The summed E-state index contributed by atoms with van der Waals surface area (Å²) >= 11 is 1.78. The van der Waals surface area contributed by atoms with Crippen molar-refractivity contribution in [3.63, 3.8) is 0 Å². The Labute approximate surface area is 103 Å². The van der Waals surface area contributed by atoms with Crippen molar-refractivity contribution in [2.75, 3.05) is 6.54 Å². The SMILES string of the molecule is CCCC(CCC)c1nnc(CNCC)s1. The van der Waals surface area contributed by atoms with Crippen molar-refractivity contribution in [3.05, 3.63) is 10.0 Å². The van der Waals surface area contributed by atoms with Crippen LogP contribution in [0.5, 0.6) is 0 Å². The van der Waals surface area contributed by atoms with Crippen LogP contribution in [0.1, 0.15) is 62.4 Å². The van der Waals surface area contributed by atoms with Crippen molar-refractivity contribution in [1.29, 1.82) is 0 Å². The predicted octanol–water partition coefficient (Wildman–Crippen LogP) is 3.33. The standard InChI is InChI=1S/C12H23N3S/c1-4-7-10(8-5-2)12-15-14-11(16-12)9-13-6-3/h10,13H,4-9H2,1-3H3. The minimum atomic E-state index is 0.628. The molecular formula is C12H23N3S. The molecule has 0 saturated heterocycles. The van der Waals surface area contributed by atoms with Gasteiger partial charge in [-0.3, -0.25) is 0 Å². The van der Waals surface area contributed by atoms with E-state index in [9.17, 15) is 0 Å². The molecular weight excluding hydrogens is 218 g/mol. The Balaban J connectivity index is 2.58. The van der Waals surface area contributed by atoms with E-state index in [0.717, 1.165) is 18.1 Å². The third-order valence-electron chi connectivity index (χ3n) is 2.63. The molecule has 0 fully saturated rings. The number of aromatic nitrogens is 2. The molecule has 1 rings (SSSR count). The lowest BCUT2D eigenvalue weighted by Crippen LogP contribution is -2.11. The first kappa shape index (κ1) is 13.6. The van der Waals surface area contributed by atoms with Gasteiger partial charge in [-0.15, -0.1) is 10.2 Å². The van der Waals surface area contributed by atoms with Crippen molar-refractivity contribution in [2.45, 2.75) is 58.9 Å². The molecule has 1 aromatic heterocycles. The van der Waals surface area contributed by atoms with Gasteiger partial charge in [-0.25, -0.2) is 0 Å². The van der Waals surface area contributed by atoms with Crippen molar-refractivity contribution in [1.82, 2.24) is 15.5 Å². The number of nitrogens with one attached hydrogen (secondary N) is 1. The van der Waals surface area contributed by atoms with E-state index in [4.69, 9.17) is 0 Å². The lowest BCUT2D eigenvalue weighted by Gasteiger charge is -2.10.